The van der Waals surface area contributed by atoms with Gasteiger partial charge in [0.25, 0.3) is 5.69 Å². The number of unbranched alkanes of at least 4 members (excludes halogenated alkanes) is 1. The second-order valence-corrected chi connectivity index (χ2v) is 10.7. The summed E-state index contributed by atoms with van der Waals surface area (Å²) >= 11 is 0. The van der Waals surface area contributed by atoms with Crippen LogP contribution in [0, 0.1) is 0 Å². The summed E-state index contributed by atoms with van der Waals surface area (Å²) in [5.41, 5.74) is 5.19. The fourth-order valence-electron chi connectivity index (χ4n) is 7.26. The minimum Gasteiger partial charge on any atom is -0.446 e. The van der Waals surface area contributed by atoms with Gasteiger partial charge in [-0.1, -0.05) is 57.5 Å². The van der Waals surface area contributed by atoms with Gasteiger partial charge in [0.05, 0.1) is 10.9 Å². The molecule has 0 bridgehead atoms. The lowest BCUT2D eigenvalue weighted by Gasteiger charge is -2.27. The third kappa shape index (κ3) is 3.17. The number of aryl methyl sites for hydroxylation is 2. The number of aromatic nitrogens is 2. The molecular formula is C33H36N2O2+2. The molecule has 4 heteroatoms. The van der Waals surface area contributed by atoms with E-state index in [4.69, 9.17) is 4.74 Å². The fraction of sp³-hybridized carbons (Fsp3) is 0.364. The van der Waals surface area contributed by atoms with E-state index in [-0.39, 0.29) is 23.0 Å². The first-order valence-corrected chi connectivity index (χ1v) is 13.8. The normalized spacial score (nSPS) is 23.2. The van der Waals surface area contributed by atoms with Crippen LogP contribution in [-0.4, -0.2) is 12.1 Å². The molecule has 2 aromatic carbocycles. The fourth-order valence-corrected chi connectivity index (χ4v) is 7.26. The molecule has 2 aromatic heterocycles. The molecule has 4 aromatic rings. The molecule has 37 heavy (non-hydrogen) atoms. The Labute approximate surface area is 219 Å². The zero-order valence-electron chi connectivity index (χ0n) is 22.3. The van der Waals surface area contributed by atoms with Crippen LogP contribution in [-0.2, 0) is 29.2 Å². The molecule has 0 radical (unpaired) electrons. The molecule has 0 N–H and O–H groups in total. The number of fused-ring (bicyclic) bond motifs is 8. The summed E-state index contributed by atoms with van der Waals surface area (Å²) in [7, 11) is 1.89. The number of ether oxygens (including phenoxy) is 1. The predicted molar refractivity (Wildman–Crippen MR) is 145 cm³/mol. The van der Waals surface area contributed by atoms with Crippen LogP contribution in [0.1, 0.15) is 68.1 Å². The quantitative estimate of drug-likeness (QED) is 0.235. The second-order valence-electron chi connectivity index (χ2n) is 10.7. The van der Waals surface area contributed by atoms with Crippen molar-refractivity contribution >= 4 is 16.7 Å². The van der Waals surface area contributed by atoms with E-state index in [0.29, 0.717) is 5.69 Å². The van der Waals surface area contributed by atoms with E-state index in [0.717, 1.165) is 19.3 Å². The number of pyridine rings is 2. The standard InChI is InChI=1S/C33H36N2O2/c1-5-8-13-23-17-18-25-24(22-23)19-21-35-29(25)26-14-9-10-15-27(26)32(6-2)31(33(32,35)7-3)37-30(36)28-16-11-12-20-34(28)4/h9-12,14-22,31H,5-8,13H2,1-4H3/q+2. The van der Waals surface area contributed by atoms with Crippen molar-refractivity contribution in [2.45, 2.75) is 69.9 Å². The van der Waals surface area contributed by atoms with E-state index < -0.39 is 0 Å². The van der Waals surface area contributed by atoms with Crippen LogP contribution in [0.4, 0.5) is 0 Å². The molecule has 1 fully saturated rings. The molecule has 188 valence electrons. The Morgan fingerprint density at radius 2 is 1.76 bits per heavy atom. The highest BCUT2D eigenvalue weighted by Crippen LogP contribution is 2.69. The van der Waals surface area contributed by atoms with Gasteiger partial charge < -0.3 is 4.74 Å². The first-order chi connectivity index (χ1) is 18.0. The van der Waals surface area contributed by atoms with Crippen LogP contribution in [0.25, 0.3) is 22.0 Å². The third-order valence-electron chi connectivity index (χ3n) is 9.08. The van der Waals surface area contributed by atoms with Gasteiger partial charge in [-0.2, -0.15) is 9.13 Å². The number of carbonyl (C=O) groups excluding carboxylic acids is 1. The summed E-state index contributed by atoms with van der Waals surface area (Å²) < 4.78 is 10.8. The Morgan fingerprint density at radius 1 is 0.946 bits per heavy atom. The molecule has 3 heterocycles. The molecule has 1 aliphatic carbocycles. The van der Waals surface area contributed by atoms with E-state index in [9.17, 15) is 4.79 Å². The summed E-state index contributed by atoms with van der Waals surface area (Å²) in [6.45, 7) is 6.72. The highest BCUT2D eigenvalue weighted by Gasteiger charge is 2.88. The molecule has 0 amide bonds. The second kappa shape index (κ2) is 8.79. The number of benzene rings is 2. The van der Waals surface area contributed by atoms with Crippen molar-refractivity contribution in [1.82, 2.24) is 0 Å². The van der Waals surface area contributed by atoms with Crippen molar-refractivity contribution in [1.29, 1.82) is 0 Å². The molecule has 4 nitrogen and oxygen atoms in total. The molecule has 0 saturated heterocycles. The smallest absolute Gasteiger partial charge is 0.404 e. The Balaban J connectivity index is 1.54. The maximum absolute atomic E-state index is 13.5. The lowest BCUT2D eigenvalue weighted by molar-refractivity contribution is -0.737. The van der Waals surface area contributed by atoms with Gasteiger partial charge in [0.1, 0.15) is 12.5 Å². The topological polar surface area (TPSA) is 34.1 Å². The number of carbonyl (C=O) groups is 1. The average Bonchev–Trinajstić information content (AvgIpc) is 3.54. The lowest BCUT2D eigenvalue weighted by Crippen LogP contribution is -2.55. The molecule has 1 aliphatic heterocycles. The van der Waals surface area contributed by atoms with Crippen LogP contribution in [0.2, 0.25) is 0 Å². The van der Waals surface area contributed by atoms with Crippen molar-refractivity contribution in [3.63, 3.8) is 0 Å². The number of hydrogen-bond donors (Lipinski definition) is 0. The SMILES string of the molecule is CCCCc1ccc2c3[n+](ccc2c1)C1(CC)C(OC(=O)c2cccc[n+]2C)C1(CC)c1ccccc1-3. The van der Waals surface area contributed by atoms with Gasteiger partial charge in [0.15, 0.2) is 18.5 Å². The molecule has 6 rings (SSSR count). The third-order valence-corrected chi connectivity index (χ3v) is 9.08. The average molecular weight is 493 g/mol. The number of rotatable bonds is 7. The van der Waals surface area contributed by atoms with Gasteiger partial charge in [-0.3, -0.25) is 0 Å². The summed E-state index contributed by atoms with van der Waals surface area (Å²) in [6.07, 6.45) is 9.20. The van der Waals surface area contributed by atoms with Crippen molar-refractivity contribution < 1.29 is 18.7 Å². The van der Waals surface area contributed by atoms with E-state index in [1.54, 1.807) is 0 Å². The summed E-state index contributed by atoms with van der Waals surface area (Å²) in [6, 6.07) is 23.6. The molecule has 2 aliphatic rings. The Morgan fingerprint density at radius 3 is 2.51 bits per heavy atom. The van der Waals surface area contributed by atoms with Crippen LogP contribution in [0.15, 0.2) is 79.1 Å². The van der Waals surface area contributed by atoms with Crippen LogP contribution >= 0.6 is 0 Å². The van der Waals surface area contributed by atoms with Crippen LogP contribution < -0.4 is 9.13 Å². The Hall–Kier alpha value is -3.53. The van der Waals surface area contributed by atoms with Gasteiger partial charge in [-0.05, 0) is 54.0 Å². The number of hydrogen-bond acceptors (Lipinski definition) is 2. The summed E-state index contributed by atoms with van der Waals surface area (Å²) in [4.78, 5) is 13.5. The van der Waals surface area contributed by atoms with E-state index >= 15 is 0 Å². The van der Waals surface area contributed by atoms with E-state index in [2.05, 4.69) is 80.1 Å². The highest BCUT2D eigenvalue weighted by molar-refractivity contribution is 5.95. The van der Waals surface area contributed by atoms with Crippen LogP contribution in [0.5, 0.6) is 0 Å². The highest BCUT2D eigenvalue weighted by atomic mass is 16.6. The molecule has 0 spiro atoms. The van der Waals surface area contributed by atoms with Crippen LogP contribution in [0.3, 0.4) is 0 Å². The van der Waals surface area contributed by atoms with Crippen molar-refractivity contribution in [2.24, 2.45) is 7.05 Å². The first kappa shape index (κ1) is 23.8. The van der Waals surface area contributed by atoms with Gasteiger partial charge in [-0.15, -0.1) is 0 Å². The van der Waals surface area contributed by atoms with Gasteiger partial charge in [0.2, 0.25) is 11.2 Å². The zero-order chi connectivity index (χ0) is 25.8. The van der Waals surface area contributed by atoms with E-state index in [1.807, 2.05) is 36.0 Å². The number of nitrogens with zero attached hydrogens (tertiary/aromatic N) is 2. The van der Waals surface area contributed by atoms with Gasteiger partial charge >= 0.3 is 5.97 Å². The molecule has 3 atom stereocenters. The molecule has 1 saturated carbocycles. The number of esters is 1. The summed E-state index contributed by atoms with van der Waals surface area (Å²) in [5.74, 6) is -0.260. The summed E-state index contributed by atoms with van der Waals surface area (Å²) in [5, 5.41) is 2.54. The Bertz CT molecular complexity index is 1530. The lowest BCUT2D eigenvalue weighted by atomic mass is 9.79. The minimum absolute atomic E-state index is 0.239. The van der Waals surface area contributed by atoms with Gasteiger partial charge in [0, 0.05) is 24.6 Å². The monoisotopic (exact) mass is 492 g/mol. The maximum Gasteiger partial charge on any atom is 0.404 e. The van der Waals surface area contributed by atoms with E-state index in [1.165, 1.54) is 46.0 Å². The zero-order valence-corrected chi connectivity index (χ0v) is 22.3. The minimum atomic E-state index is -0.316. The van der Waals surface area contributed by atoms with Crippen molar-refractivity contribution in [3.8, 4) is 11.3 Å². The van der Waals surface area contributed by atoms with Gasteiger partial charge in [-0.25, -0.2) is 4.79 Å². The first-order valence-electron chi connectivity index (χ1n) is 13.8. The predicted octanol–water partition coefficient (Wildman–Crippen LogP) is 5.97. The van der Waals surface area contributed by atoms with Crippen molar-refractivity contribution in [2.75, 3.05) is 0 Å². The largest absolute Gasteiger partial charge is 0.446 e. The molecule has 3 unspecified atom stereocenters. The maximum atomic E-state index is 13.5. The molecular weight excluding hydrogens is 456 g/mol. The Kier molecular flexibility index (Phi) is 5.67. The van der Waals surface area contributed by atoms with Crippen molar-refractivity contribution in [3.05, 3.63) is 95.9 Å².